The fourth-order valence-corrected chi connectivity index (χ4v) is 4.06. The number of halogens is 2. The smallest absolute Gasteiger partial charge is 0.263 e. The number of hydrogen-bond donors (Lipinski definition) is 2. The number of aliphatic hydroxyl groups is 1. The summed E-state index contributed by atoms with van der Waals surface area (Å²) in [4.78, 5) is 0.287. The molecule has 102 valence electrons. The average molecular weight is 322 g/mol. The summed E-state index contributed by atoms with van der Waals surface area (Å²) in [6.07, 6.45) is 0. The van der Waals surface area contributed by atoms with Crippen LogP contribution in [-0.4, -0.2) is 13.5 Å². The monoisotopic (exact) mass is 321 g/mol. The highest BCUT2D eigenvalue weighted by Gasteiger charge is 2.19. The van der Waals surface area contributed by atoms with E-state index in [1.54, 1.807) is 5.38 Å². The Morgan fingerprint density at radius 3 is 2.74 bits per heavy atom. The van der Waals surface area contributed by atoms with E-state index < -0.39 is 15.8 Å². The van der Waals surface area contributed by atoms with Gasteiger partial charge in [0.2, 0.25) is 0 Å². The molecular formula is C11H9ClFNO3S2. The second-order valence-corrected chi connectivity index (χ2v) is 6.72. The van der Waals surface area contributed by atoms with Crippen LogP contribution in [0.2, 0.25) is 5.02 Å². The Labute approximate surface area is 118 Å². The molecule has 2 rings (SSSR count). The van der Waals surface area contributed by atoms with Crippen LogP contribution in [0.3, 0.4) is 0 Å². The Morgan fingerprint density at radius 1 is 1.37 bits per heavy atom. The van der Waals surface area contributed by atoms with Gasteiger partial charge in [-0.25, -0.2) is 12.8 Å². The van der Waals surface area contributed by atoms with E-state index in [-0.39, 0.29) is 22.2 Å². The van der Waals surface area contributed by atoms with Crippen LogP contribution >= 0.6 is 22.9 Å². The first-order chi connectivity index (χ1) is 8.92. The maximum absolute atomic E-state index is 13.1. The van der Waals surface area contributed by atoms with Crippen molar-refractivity contribution in [3.8, 4) is 0 Å². The number of rotatable bonds is 4. The number of thiophene rings is 1. The van der Waals surface area contributed by atoms with Crippen LogP contribution in [0.25, 0.3) is 0 Å². The highest BCUT2D eigenvalue weighted by Crippen LogP contribution is 2.26. The Hall–Kier alpha value is -1.15. The van der Waals surface area contributed by atoms with Crippen LogP contribution in [0, 0.1) is 5.82 Å². The summed E-state index contributed by atoms with van der Waals surface area (Å²) in [6, 6.07) is 4.77. The topological polar surface area (TPSA) is 66.4 Å². The number of nitrogens with one attached hydrogen (secondary N) is 1. The van der Waals surface area contributed by atoms with Gasteiger partial charge < -0.3 is 5.11 Å². The largest absolute Gasteiger partial charge is 0.391 e. The lowest BCUT2D eigenvalue weighted by atomic mass is 10.3. The van der Waals surface area contributed by atoms with Gasteiger partial charge in [0.05, 0.1) is 17.2 Å². The highest BCUT2D eigenvalue weighted by atomic mass is 35.5. The summed E-state index contributed by atoms with van der Waals surface area (Å²) in [6.45, 7) is -0.377. The third-order valence-electron chi connectivity index (χ3n) is 2.25. The van der Waals surface area contributed by atoms with Crippen LogP contribution in [0.15, 0.2) is 34.5 Å². The van der Waals surface area contributed by atoms with E-state index in [0.717, 1.165) is 23.5 Å². The van der Waals surface area contributed by atoms with Crippen molar-refractivity contribution in [3.05, 3.63) is 45.4 Å². The number of sulfonamides is 1. The van der Waals surface area contributed by atoms with Crippen molar-refractivity contribution in [2.45, 2.75) is 11.5 Å². The van der Waals surface area contributed by atoms with Crippen LogP contribution in [0.1, 0.15) is 4.88 Å². The molecule has 1 aromatic carbocycles. The molecule has 2 aromatic rings. The zero-order valence-electron chi connectivity index (χ0n) is 9.43. The molecule has 0 aliphatic rings. The molecule has 0 amide bonds. The van der Waals surface area contributed by atoms with Crippen LogP contribution in [0.4, 0.5) is 10.1 Å². The second-order valence-electron chi connectivity index (χ2n) is 3.63. The Morgan fingerprint density at radius 2 is 2.11 bits per heavy atom. The molecule has 0 fully saturated rings. The first-order valence-electron chi connectivity index (χ1n) is 5.08. The summed E-state index contributed by atoms with van der Waals surface area (Å²) < 4.78 is 39.5. The van der Waals surface area contributed by atoms with Crippen molar-refractivity contribution in [2.75, 3.05) is 4.72 Å². The molecule has 0 bridgehead atoms. The van der Waals surface area contributed by atoms with Crippen LogP contribution in [0.5, 0.6) is 0 Å². The van der Waals surface area contributed by atoms with Gasteiger partial charge in [0.25, 0.3) is 10.0 Å². The minimum Gasteiger partial charge on any atom is -0.391 e. The lowest BCUT2D eigenvalue weighted by molar-refractivity contribution is 0.282. The van der Waals surface area contributed by atoms with E-state index in [2.05, 4.69) is 4.72 Å². The van der Waals surface area contributed by atoms with E-state index in [0.29, 0.717) is 4.88 Å². The molecule has 1 heterocycles. The zero-order valence-corrected chi connectivity index (χ0v) is 11.8. The molecule has 0 saturated heterocycles. The van der Waals surface area contributed by atoms with Gasteiger partial charge in [-0.05, 0) is 29.6 Å². The van der Waals surface area contributed by atoms with E-state index in [9.17, 15) is 12.8 Å². The third kappa shape index (κ3) is 3.24. The minimum absolute atomic E-state index is 0.0274. The van der Waals surface area contributed by atoms with Crippen molar-refractivity contribution >= 4 is 38.6 Å². The standard InChI is InChI=1S/C11H9ClFNO3S2/c12-7-3-8(13)5-9(4-7)14-19(16,17)11-1-2-18-10(11)6-15/h1-5,14-15H,6H2. The fraction of sp³-hybridized carbons (Fsp3) is 0.0909. The number of aliphatic hydroxyl groups excluding tert-OH is 1. The number of anilines is 1. The lowest BCUT2D eigenvalue weighted by Crippen LogP contribution is -2.13. The summed E-state index contributed by atoms with van der Waals surface area (Å²) in [7, 11) is -3.87. The van der Waals surface area contributed by atoms with Crippen molar-refractivity contribution in [1.82, 2.24) is 0 Å². The van der Waals surface area contributed by atoms with E-state index in [1.807, 2.05) is 0 Å². The molecule has 0 radical (unpaired) electrons. The molecule has 0 aliphatic carbocycles. The molecule has 0 saturated carbocycles. The van der Waals surface area contributed by atoms with Crippen LogP contribution < -0.4 is 4.72 Å². The van der Waals surface area contributed by atoms with Crippen molar-refractivity contribution in [2.24, 2.45) is 0 Å². The van der Waals surface area contributed by atoms with Gasteiger partial charge in [0.1, 0.15) is 10.7 Å². The van der Waals surface area contributed by atoms with E-state index in [4.69, 9.17) is 16.7 Å². The van der Waals surface area contributed by atoms with Gasteiger partial charge >= 0.3 is 0 Å². The number of hydrogen-bond acceptors (Lipinski definition) is 4. The summed E-state index contributed by atoms with van der Waals surface area (Å²) in [5, 5.41) is 10.7. The Bertz CT molecular complexity index is 679. The molecule has 1 aromatic heterocycles. The van der Waals surface area contributed by atoms with Gasteiger partial charge in [-0.2, -0.15) is 0 Å². The Balaban J connectivity index is 2.36. The van der Waals surface area contributed by atoms with Gasteiger partial charge in [-0.15, -0.1) is 11.3 Å². The maximum atomic E-state index is 13.1. The SMILES string of the molecule is O=S(=O)(Nc1cc(F)cc(Cl)c1)c1ccsc1CO. The zero-order chi connectivity index (χ0) is 14.0. The lowest BCUT2D eigenvalue weighted by Gasteiger charge is -2.08. The van der Waals surface area contributed by atoms with Gasteiger partial charge in [0, 0.05) is 5.02 Å². The third-order valence-corrected chi connectivity index (χ3v) is 4.97. The molecular weight excluding hydrogens is 313 g/mol. The fourth-order valence-electron chi connectivity index (χ4n) is 1.51. The highest BCUT2D eigenvalue weighted by molar-refractivity contribution is 7.93. The van der Waals surface area contributed by atoms with E-state index >= 15 is 0 Å². The molecule has 0 unspecified atom stereocenters. The maximum Gasteiger partial charge on any atom is 0.263 e. The minimum atomic E-state index is -3.87. The first-order valence-corrected chi connectivity index (χ1v) is 7.82. The predicted molar refractivity (Wildman–Crippen MR) is 72.5 cm³/mol. The molecule has 0 spiro atoms. The average Bonchev–Trinajstić information content (AvgIpc) is 2.75. The molecule has 2 N–H and O–H groups in total. The summed E-state index contributed by atoms with van der Waals surface area (Å²) >= 11 is 6.77. The van der Waals surface area contributed by atoms with Gasteiger partial charge in [-0.3, -0.25) is 4.72 Å². The van der Waals surface area contributed by atoms with Crippen LogP contribution in [-0.2, 0) is 16.6 Å². The molecule has 8 heteroatoms. The first kappa shape index (κ1) is 14.3. The molecule has 0 atom stereocenters. The van der Waals surface area contributed by atoms with Crippen molar-refractivity contribution in [3.63, 3.8) is 0 Å². The van der Waals surface area contributed by atoms with Gasteiger partial charge in [0.15, 0.2) is 0 Å². The summed E-state index contributed by atoms with van der Waals surface area (Å²) in [5.74, 6) is -0.641. The van der Waals surface area contributed by atoms with Crippen molar-refractivity contribution in [1.29, 1.82) is 0 Å². The quantitative estimate of drug-likeness (QED) is 0.910. The second kappa shape index (κ2) is 5.46. The molecule has 4 nitrogen and oxygen atoms in total. The molecule has 0 aliphatic heterocycles. The Kier molecular flexibility index (Phi) is 4.10. The number of benzene rings is 1. The van der Waals surface area contributed by atoms with Crippen molar-refractivity contribution < 1.29 is 17.9 Å². The molecule has 19 heavy (non-hydrogen) atoms. The van der Waals surface area contributed by atoms with E-state index in [1.165, 1.54) is 12.1 Å². The predicted octanol–water partition coefficient (Wildman–Crippen LogP) is 2.83. The summed E-state index contributed by atoms with van der Waals surface area (Å²) in [5.41, 5.74) is 0.0279. The van der Waals surface area contributed by atoms with Gasteiger partial charge in [-0.1, -0.05) is 11.6 Å². The normalized spacial score (nSPS) is 11.5.